The molecule has 2 aliphatic carbocycles. The second kappa shape index (κ2) is 9.75. The van der Waals surface area contributed by atoms with Gasteiger partial charge in [0.05, 0.1) is 25.7 Å². The van der Waals surface area contributed by atoms with E-state index in [9.17, 15) is 23.4 Å². The topological polar surface area (TPSA) is 52.5 Å². The highest BCUT2D eigenvalue weighted by Gasteiger charge is 2.61. The number of phenols is 1. The van der Waals surface area contributed by atoms with Gasteiger partial charge in [0.25, 0.3) is 0 Å². The van der Waals surface area contributed by atoms with Crippen molar-refractivity contribution in [2.24, 2.45) is 5.92 Å². The summed E-state index contributed by atoms with van der Waals surface area (Å²) >= 11 is 0. The molecule has 0 radical (unpaired) electrons. The lowest BCUT2D eigenvalue weighted by Crippen LogP contribution is -2.71. The number of halogens is 3. The Labute approximate surface area is 217 Å². The molecule has 2 saturated carbocycles. The number of rotatable bonds is 7. The summed E-state index contributed by atoms with van der Waals surface area (Å²) in [6.07, 6.45) is 4.94. The summed E-state index contributed by atoms with van der Waals surface area (Å²) in [7, 11) is 2.28. The first-order chi connectivity index (χ1) is 17.5. The maximum absolute atomic E-state index is 13.0. The zero-order valence-corrected chi connectivity index (χ0v) is 21.5. The average molecular weight is 516 g/mol. The number of hydrogen-bond donors (Lipinski definition) is 3. The van der Waals surface area contributed by atoms with E-state index in [1.165, 1.54) is 18.9 Å². The molecule has 1 aliphatic heterocycles. The van der Waals surface area contributed by atoms with Crippen molar-refractivity contribution in [3.05, 3.63) is 71.3 Å². The van der Waals surface area contributed by atoms with Crippen molar-refractivity contribution in [1.82, 2.24) is 5.32 Å². The normalized spacial score (nSPS) is 32.4. The summed E-state index contributed by atoms with van der Waals surface area (Å²) in [5, 5.41) is 26.1. The molecule has 3 N–H and O–H groups in total. The number of hydrogen-bond acceptors (Lipinski definition) is 3. The molecule has 0 aromatic heterocycles. The summed E-state index contributed by atoms with van der Waals surface area (Å²) < 4.78 is 39.9. The van der Waals surface area contributed by atoms with Gasteiger partial charge < -0.3 is 20.0 Å². The fraction of sp³-hybridized carbons (Fsp3) is 0.533. The van der Waals surface area contributed by atoms with E-state index < -0.39 is 22.8 Å². The number of aliphatic hydroxyl groups is 1. The van der Waals surface area contributed by atoms with Crippen molar-refractivity contribution in [1.29, 1.82) is 0 Å². The van der Waals surface area contributed by atoms with E-state index in [1.807, 2.05) is 24.3 Å². The van der Waals surface area contributed by atoms with Gasteiger partial charge in [-0.05, 0) is 67.5 Å². The maximum atomic E-state index is 13.0. The molecule has 7 heteroatoms. The first kappa shape index (κ1) is 26.3. The van der Waals surface area contributed by atoms with Crippen molar-refractivity contribution >= 4 is 6.08 Å². The number of aromatic hydroxyl groups is 1. The number of likely N-dealkylation sites (tertiary alicyclic amines) is 1. The molecule has 4 atom stereocenters. The van der Waals surface area contributed by atoms with Crippen LogP contribution in [0.25, 0.3) is 6.08 Å². The first-order valence-corrected chi connectivity index (χ1v) is 13.4. The second-order valence-corrected chi connectivity index (χ2v) is 11.9. The van der Waals surface area contributed by atoms with E-state index in [0.29, 0.717) is 18.5 Å². The van der Waals surface area contributed by atoms with Crippen LogP contribution in [0.3, 0.4) is 0 Å². The number of phenolic OH excluding ortho intramolecular Hbond substituents is 1. The van der Waals surface area contributed by atoms with Crippen molar-refractivity contribution < 1.29 is 27.9 Å². The van der Waals surface area contributed by atoms with Crippen LogP contribution in [0.1, 0.15) is 55.2 Å². The number of likely N-dealkylation sites (N-methyl/N-ethyl adjacent to an activating group) is 1. The Morgan fingerprint density at radius 3 is 2.59 bits per heavy atom. The predicted molar refractivity (Wildman–Crippen MR) is 139 cm³/mol. The van der Waals surface area contributed by atoms with Crippen LogP contribution < -0.4 is 5.32 Å². The van der Waals surface area contributed by atoms with Gasteiger partial charge in [-0.1, -0.05) is 36.4 Å². The van der Waals surface area contributed by atoms with Gasteiger partial charge in [-0.3, -0.25) is 0 Å². The molecule has 1 unspecified atom stereocenters. The fourth-order valence-electron chi connectivity index (χ4n) is 6.94. The standard InChI is InChI=1S/C30H37F3N2O2/c1-35(20-23-10-11-23)16-14-28(24-7-3-9-27(36)18-24)19-26(12-13-29(28,37)21-35)34-15-4-6-22-5-2-8-25(17-22)30(31,32)33/h2-9,17-18,23,26,34,37H,10-16,19-21H2,1H3/p+1/t26-,28+,29?,35-/m1/s1. The highest BCUT2D eigenvalue weighted by molar-refractivity contribution is 5.51. The SMILES string of the molecule is C[N@+]1(CC2CC2)CC[C@@]2(c3cccc(O)c3)C[C@H](NCC=Cc3cccc(C(F)(F)F)c3)CCC2(O)C1. The lowest BCUT2D eigenvalue weighted by Gasteiger charge is -2.59. The highest BCUT2D eigenvalue weighted by Crippen LogP contribution is 2.53. The zero-order chi connectivity index (χ0) is 26.3. The lowest BCUT2D eigenvalue weighted by molar-refractivity contribution is -0.925. The Bertz CT molecular complexity index is 1150. The van der Waals surface area contributed by atoms with Crippen molar-refractivity contribution in [3.8, 4) is 5.75 Å². The molecule has 2 aromatic carbocycles. The lowest BCUT2D eigenvalue weighted by atomic mass is 9.55. The van der Waals surface area contributed by atoms with Gasteiger partial charge in [0.15, 0.2) is 0 Å². The largest absolute Gasteiger partial charge is 0.508 e. The molecule has 0 spiro atoms. The summed E-state index contributed by atoms with van der Waals surface area (Å²) in [6, 6.07) is 12.9. The average Bonchev–Trinajstić information content (AvgIpc) is 3.65. The third-order valence-corrected chi connectivity index (χ3v) is 8.96. The minimum absolute atomic E-state index is 0.161. The van der Waals surface area contributed by atoms with Gasteiger partial charge >= 0.3 is 6.18 Å². The molecule has 3 fully saturated rings. The second-order valence-electron chi connectivity index (χ2n) is 11.9. The first-order valence-electron chi connectivity index (χ1n) is 13.4. The van der Waals surface area contributed by atoms with Crippen molar-refractivity contribution in [2.75, 3.05) is 33.2 Å². The van der Waals surface area contributed by atoms with E-state index in [4.69, 9.17) is 0 Å². The van der Waals surface area contributed by atoms with E-state index >= 15 is 0 Å². The van der Waals surface area contributed by atoms with E-state index in [0.717, 1.165) is 67.0 Å². The Kier molecular flexibility index (Phi) is 6.92. The molecule has 0 amide bonds. The Morgan fingerprint density at radius 1 is 1.08 bits per heavy atom. The van der Waals surface area contributed by atoms with E-state index in [2.05, 4.69) is 12.4 Å². The van der Waals surface area contributed by atoms with Crippen LogP contribution in [0.2, 0.25) is 0 Å². The van der Waals surface area contributed by atoms with Gasteiger partial charge in [0, 0.05) is 30.3 Å². The Hall–Kier alpha value is -2.35. The molecular weight excluding hydrogens is 477 g/mol. The minimum Gasteiger partial charge on any atom is -0.508 e. The minimum atomic E-state index is -4.35. The highest BCUT2D eigenvalue weighted by atomic mass is 19.4. The Balaban J connectivity index is 1.31. The predicted octanol–water partition coefficient (Wildman–Crippen LogP) is 5.50. The summed E-state index contributed by atoms with van der Waals surface area (Å²) in [4.78, 5) is 0. The fourth-order valence-corrected chi connectivity index (χ4v) is 6.94. The molecule has 4 nitrogen and oxygen atoms in total. The molecule has 1 saturated heterocycles. The number of nitrogens with one attached hydrogen (secondary N) is 1. The van der Waals surface area contributed by atoms with Crippen LogP contribution in [0.4, 0.5) is 13.2 Å². The molecule has 2 aromatic rings. The van der Waals surface area contributed by atoms with Gasteiger partial charge in [0.1, 0.15) is 17.9 Å². The maximum Gasteiger partial charge on any atom is 0.416 e. The van der Waals surface area contributed by atoms with Crippen LogP contribution in [-0.4, -0.2) is 59.6 Å². The number of alkyl halides is 3. The number of benzene rings is 2. The van der Waals surface area contributed by atoms with E-state index in [-0.39, 0.29) is 11.8 Å². The molecule has 1 heterocycles. The molecule has 3 aliphatic rings. The quantitative estimate of drug-likeness (QED) is 0.427. The number of nitrogens with zero attached hydrogens (tertiary/aromatic N) is 1. The number of piperidine rings is 1. The molecule has 0 bridgehead atoms. The zero-order valence-electron chi connectivity index (χ0n) is 21.5. The summed E-state index contributed by atoms with van der Waals surface area (Å²) in [6.45, 7) is 3.38. The van der Waals surface area contributed by atoms with E-state index in [1.54, 1.807) is 18.2 Å². The smallest absolute Gasteiger partial charge is 0.416 e. The molecule has 200 valence electrons. The number of quaternary nitrogens is 1. The van der Waals surface area contributed by atoms with Crippen LogP contribution in [0.5, 0.6) is 5.75 Å². The van der Waals surface area contributed by atoms with Gasteiger partial charge in [-0.2, -0.15) is 13.2 Å². The van der Waals surface area contributed by atoms with Crippen molar-refractivity contribution in [2.45, 2.75) is 61.8 Å². The molecular formula is C30H38F3N2O2+. The number of fused-ring (bicyclic) bond motifs is 1. The van der Waals surface area contributed by atoms with Crippen LogP contribution >= 0.6 is 0 Å². The Morgan fingerprint density at radius 2 is 1.86 bits per heavy atom. The van der Waals surface area contributed by atoms with Gasteiger partial charge in [0.2, 0.25) is 0 Å². The van der Waals surface area contributed by atoms with Crippen LogP contribution in [0.15, 0.2) is 54.6 Å². The molecule has 37 heavy (non-hydrogen) atoms. The van der Waals surface area contributed by atoms with Crippen LogP contribution in [-0.2, 0) is 11.6 Å². The summed E-state index contributed by atoms with van der Waals surface area (Å²) in [5.41, 5.74) is -0.432. The summed E-state index contributed by atoms with van der Waals surface area (Å²) in [5.74, 6) is 0.998. The van der Waals surface area contributed by atoms with Gasteiger partial charge in [-0.15, -0.1) is 0 Å². The van der Waals surface area contributed by atoms with Crippen LogP contribution in [0, 0.1) is 5.92 Å². The van der Waals surface area contributed by atoms with Crippen molar-refractivity contribution in [3.63, 3.8) is 0 Å². The third-order valence-electron chi connectivity index (χ3n) is 8.96. The van der Waals surface area contributed by atoms with Gasteiger partial charge in [-0.25, -0.2) is 0 Å². The third kappa shape index (κ3) is 5.59. The monoisotopic (exact) mass is 515 g/mol. The molecule has 5 rings (SSSR count).